The van der Waals surface area contributed by atoms with E-state index in [0.717, 1.165) is 19.5 Å². The molecule has 1 fully saturated rings. The van der Waals surface area contributed by atoms with Crippen LogP contribution in [0.3, 0.4) is 0 Å². The molecule has 7 heteroatoms. The van der Waals surface area contributed by atoms with E-state index >= 15 is 0 Å². The second-order valence-electron chi connectivity index (χ2n) is 4.44. The van der Waals surface area contributed by atoms with E-state index in [1.54, 1.807) is 22.6 Å². The summed E-state index contributed by atoms with van der Waals surface area (Å²) >= 11 is 1.77. The molecule has 1 heterocycles. The lowest BCUT2D eigenvalue weighted by atomic mass is 10.1. The smallest absolute Gasteiger partial charge is 0.293 e. The van der Waals surface area contributed by atoms with Crippen molar-refractivity contribution in [3.8, 4) is 0 Å². The first-order chi connectivity index (χ1) is 9.04. The Kier molecular flexibility index (Phi) is 4.56. The van der Waals surface area contributed by atoms with E-state index in [9.17, 15) is 14.5 Å². The summed E-state index contributed by atoms with van der Waals surface area (Å²) < 4.78 is 14.0. The third-order valence-corrected chi connectivity index (χ3v) is 4.17. The summed E-state index contributed by atoms with van der Waals surface area (Å²) in [7, 11) is 0. The number of nitro benzene ring substituents is 1. The van der Waals surface area contributed by atoms with E-state index in [0.29, 0.717) is 12.2 Å². The Bertz CT molecular complexity index is 492. The predicted molar refractivity (Wildman–Crippen MR) is 80.1 cm³/mol. The molecule has 1 aromatic rings. The zero-order valence-electron chi connectivity index (χ0n) is 10.5. The Balaban J connectivity index is 2.45. The summed E-state index contributed by atoms with van der Waals surface area (Å²) in [6.45, 7) is 4.21. The summed E-state index contributed by atoms with van der Waals surface area (Å²) in [5, 5.41) is 14.4. The Hall–Kier alpha value is -0.960. The topological polar surface area (TPSA) is 58.4 Å². The lowest BCUT2D eigenvalue weighted by Gasteiger charge is -2.29. The summed E-state index contributed by atoms with van der Waals surface area (Å²) in [6, 6.07) is 2.76. The van der Waals surface area contributed by atoms with Crippen molar-refractivity contribution in [1.29, 1.82) is 0 Å². The Labute approximate surface area is 124 Å². The summed E-state index contributed by atoms with van der Waals surface area (Å²) in [6.07, 6.45) is 0.915. The van der Waals surface area contributed by atoms with E-state index in [1.165, 1.54) is 12.1 Å². The highest BCUT2D eigenvalue weighted by atomic mass is 127. The predicted octanol–water partition coefficient (Wildman–Crippen LogP) is 2.53. The molecule has 0 amide bonds. The van der Waals surface area contributed by atoms with E-state index in [2.05, 4.69) is 5.32 Å². The minimum atomic E-state index is -0.442. The van der Waals surface area contributed by atoms with E-state index in [-0.39, 0.29) is 15.3 Å². The molecule has 1 aliphatic rings. The molecular formula is C12H15FIN3O2. The number of anilines is 1. The van der Waals surface area contributed by atoms with Gasteiger partial charge in [-0.1, -0.05) is 0 Å². The standard InChI is InChI=1S/C12H15FIN3O2/c1-2-16(8-3-4-15-7-8)11-5-9(13)10(14)6-12(11)17(18)19/h5-6,8,15H,2-4,7H2,1H3. The van der Waals surface area contributed by atoms with Gasteiger partial charge in [-0.05, 0) is 42.5 Å². The van der Waals surface area contributed by atoms with Gasteiger partial charge in [0, 0.05) is 31.3 Å². The van der Waals surface area contributed by atoms with Gasteiger partial charge in [-0.15, -0.1) is 0 Å². The van der Waals surface area contributed by atoms with Crippen LogP contribution in [0.5, 0.6) is 0 Å². The zero-order valence-corrected chi connectivity index (χ0v) is 12.7. The lowest BCUT2D eigenvalue weighted by Crippen LogP contribution is -2.37. The van der Waals surface area contributed by atoms with Crippen molar-refractivity contribution in [2.75, 3.05) is 24.5 Å². The van der Waals surface area contributed by atoms with Crippen molar-refractivity contribution in [2.24, 2.45) is 0 Å². The SMILES string of the molecule is CCN(c1cc(F)c(I)cc1[N+](=O)[O-])C1CCNC1. The molecule has 1 saturated heterocycles. The number of rotatable bonds is 4. The molecule has 0 bridgehead atoms. The maximum absolute atomic E-state index is 13.7. The molecule has 1 aliphatic heterocycles. The first-order valence-corrected chi connectivity index (χ1v) is 7.23. The number of benzene rings is 1. The monoisotopic (exact) mass is 379 g/mol. The van der Waals surface area contributed by atoms with Gasteiger partial charge in [0.2, 0.25) is 0 Å². The van der Waals surface area contributed by atoms with Gasteiger partial charge in [0.05, 0.1) is 8.49 Å². The highest BCUT2D eigenvalue weighted by Crippen LogP contribution is 2.33. The lowest BCUT2D eigenvalue weighted by molar-refractivity contribution is -0.384. The second-order valence-corrected chi connectivity index (χ2v) is 5.61. The molecular weight excluding hydrogens is 364 g/mol. The van der Waals surface area contributed by atoms with Crippen molar-refractivity contribution in [2.45, 2.75) is 19.4 Å². The van der Waals surface area contributed by atoms with Crippen LogP contribution in [-0.4, -0.2) is 30.6 Å². The van der Waals surface area contributed by atoms with Gasteiger partial charge in [-0.2, -0.15) is 0 Å². The molecule has 2 rings (SSSR count). The number of nitro groups is 1. The fourth-order valence-corrected chi connectivity index (χ4v) is 2.88. The van der Waals surface area contributed by atoms with Crippen molar-refractivity contribution in [3.63, 3.8) is 0 Å². The second kappa shape index (κ2) is 6.00. The third-order valence-electron chi connectivity index (χ3n) is 3.34. The largest absolute Gasteiger partial charge is 0.362 e. The van der Waals surface area contributed by atoms with Gasteiger partial charge >= 0.3 is 0 Å². The molecule has 0 saturated carbocycles. The van der Waals surface area contributed by atoms with Crippen LogP contribution >= 0.6 is 22.6 Å². The van der Waals surface area contributed by atoms with Crippen LogP contribution in [-0.2, 0) is 0 Å². The average molecular weight is 379 g/mol. The first-order valence-electron chi connectivity index (χ1n) is 6.15. The summed E-state index contributed by atoms with van der Waals surface area (Å²) in [5.41, 5.74) is 0.346. The van der Waals surface area contributed by atoms with Crippen molar-refractivity contribution in [1.82, 2.24) is 5.32 Å². The molecule has 1 N–H and O–H groups in total. The summed E-state index contributed by atoms with van der Waals surface area (Å²) in [4.78, 5) is 12.6. The minimum absolute atomic E-state index is 0.0282. The van der Waals surface area contributed by atoms with E-state index < -0.39 is 10.7 Å². The van der Waals surface area contributed by atoms with Crippen LogP contribution in [0.15, 0.2) is 12.1 Å². The molecule has 19 heavy (non-hydrogen) atoms. The van der Waals surface area contributed by atoms with Crippen LogP contribution in [0, 0.1) is 19.5 Å². The fourth-order valence-electron chi connectivity index (χ4n) is 2.43. The molecule has 0 spiro atoms. The highest BCUT2D eigenvalue weighted by molar-refractivity contribution is 14.1. The Morgan fingerprint density at radius 3 is 2.89 bits per heavy atom. The number of hydrogen-bond acceptors (Lipinski definition) is 4. The van der Waals surface area contributed by atoms with Gasteiger partial charge in [-0.25, -0.2) is 4.39 Å². The maximum Gasteiger partial charge on any atom is 0.293 e. The third kappa shape index (κ3) is 2.97. The molecule has 1 aromatic carbocycles. The number of nitrogens with zero attached hydrogens (tertiary/aromatic N) is 2. The molecule has 5 nitrogen and oxygen atoms in total. The van der Waals surface area contributed by atoms with Gasteiger partial charge in [0.25, 0.3) is 5.69 Å². The van der Waals surface area contributed by atoms with Crippen LogP contribution in [0.2, 0.25) is 0 Å². The van der Waals surface area contributed by atoms with Crippen LogP contribution < -0.4 is 10.2 Å². The van der Waals surface area contributed by atoms with Crippen LogP contribution in [0.1, 0.15) is 13.3 Å². The Morgan fingerprint density at radius 2 is 2.37 bits per heavy atom. The summed E-state index contributed by atoms with van der Waals surface area (Å²) in [5.74, 6) is -0.411. The maximum atomic E-state index is 13.7. The van der Waals surface area contributed by atoms with Crippen LogP contribution in [0.25, 0.3) is 0 Å². The van der Waals surface area contributed by atoms with Crippen molar-refractivity contribution >= 4 is 34.0 Å². The zero-order chi connectivity index (χ0) is 14.0. The van der Waals surface area contributed by atoms with Gasteiger partial charge in [-0.3, -0.25) is 10.1 Å². The van der Waals surface area contributed by atoms with Crippen molar-refractivity contribution in [3.05, 3.63) is 31.6 Å². The fraction of sp³-hybridized carbons (Fsp3) is 0.500. The van der Waals surface area contributed by atoms with E-state index in [4.69, 9.17) is 0 Å². The molecule has 0 radical (unpaired) electrons. The Morgan fingerprint density at radius 1 is 1.63 bits per heavy atom. The quantitative estimate of drug-likeness (QED) is 0.496. The molecule has 1 atom stereocenters. The molecule has 1 unspecified atom stereocenters. The van der Waals surface area contributed by atoms with Gasteiger partial charge in [0.1, 0.15) is 11.5 Å². The number of likely N-dealkylation sites (N-methyl/N-ethyl adjacent to an activating group) is 1. The number of hydrogen-bond donors (Lipinski definition) is 1. The van der Waals surface area contributed by atoms with E-state index in [1.807, 2.05) is 11.8 Å². The number of halogens is 2. The van der Waals surface area contributed by atoms with Crippen LogP contribution in [0.4, 0.5) is 15.8 Å². The van der Waals surface area contributed by atoms with Crippen molar-refractivity contribution < 1.29 is 9.31 Å². The van der Waals surface area contributed by atoms with Gasteiger partial charge in [0.15, 0.2) is 0 Å². The van der Waals surface area contributed by atoms with Gasteiger partial charge < -0.3 is 10.2 Å². The molecule has 104 valence electrons. The average Bonchev–Trinajstić information content (AvgIpc) is 2.87. The normalized spacial score (nSPS) is 18.6. The number of nitrogens with one attached hydrogen (secondary N) is 1. The molecule has 0 aromatic heterocycles. The first kappa shape index (κ1) is 14.4. The molecule has 0 aliphatic carbocycles. The highest BCUT2D eigenvalue weighted by Gasteiger charge is 2.28. The minimum Gasteiger partial charge on any atom is -0.362 e.